The van der Waals surface area contributed by atoms with Gasteiger partial charge in [-0.15, -0.1) is 0 Å². The van der Waals surface area contributed by atoms with E-state index in [-0.39, 0.29) is 11.4 Å². The van der Waals surface area contributed by atoms with Gasteiger partial charge in [-0.2, -0.15) is 0 Å². The molecular formula is C11H18N2O2. The molecule has 1 amide bonds. The molecule has 0 atom stereocenters. The van der Waals surface area contributed by atoms with Crippen LogP contribution in [0.5, 0.6) is 0 Å². The van der Waals surface area contributed by atoms with Crippen molar-refractivity contribution < 1.29 is 9.53 Å². The summed E-state index contributed by atoms with van der Waals surface area (Å²) in [4.78, 5) is 13.7. The van der Waals surface area contributed by atoms with Gasteiger partial charge in [0.1, 0.15) is 0 Å². The summed E-state index contributed by atoms with van der Waals surface area (Å²) in [6, 6.07) is 0. The molecule has 0 radical (unpaired) electrons. The molecular weight excluding hydrogens is 192 g/mol. The summed E-state index contributed by atoms with van der Waals surface area (Å²) in [5, 5.41) is 3.29. The molecule has 0 unspecified atom stereocenters. The number of rotatable bonds is 5. The normalized spacial score (nSPS) is 27.7. The number of nitrogens with one attached hydrogen (secondary N) is 1. The van der Waals surface area contributed by atoms with Gasteiger partial charge in [-0.1, -0.05) is 0 Å². The Hall–Kier alpha value is -0.610. The number of nitrogens with zero attached hydrogens (tertiary/aromatic N) is 1. The standard InChI is InChI=1S/C11H18N2O2/c14-10-11(3-4-11)12-8-13(10)5-6-15-7-9-1-2-9/h9,12H,1-8H2. The Labute approximate surface area is 90.0 Å². The predicted octanol–water partition coefficient (Wildman–Crippen LogP) is 0.335. The quantitative estimate of drug-likeness (QED) is 0.665. The molecule has 3 aliphatic rings. The molecule has 15 heavy (non-hydrogen) atoms. The summed E-state index contributed by atoms with van der Waals surface area (Å²) in [5.74, 6) is 1.10. The average molecular weight is 210 g/mol. The highest BCUT2D eigenvalue weighted by Crippen LogP contribution is 2.39. The Bertz CT molecular complexity index is 272. The third kappa shape index (κ3) is 1.88. The van der Waals surface area contributed by atoms with Gasteiger partial charge in [0, 0.05) is 13.2 Å². The SMILES string of the molecule is O=C1N(CCOCC2CC2)CNC12CC2. The van der Waals surface area contributed by atoms with E-state index in [0.717, 1.165) is 31.9 Å². The van der Waals surface area contributed by atoms with Crippen molar-refractivity contribution in [3.05, 3.63) is 0 Å². The van der Waals surface area contributed by atoms with Crippen LogP contribution in [0.1, 0.15) is 25.7 Å². The topological polar surface area (TPSA) is 41.6 Å². The van der Waals surface area contributed by atoms with Gasteiger partial charge in [0.2, 0.25) is 5.91 Å². The van der Waals surface area contributed by atoms with Crippen molar-refractivity contribution in [3.63, 3.8) is 0 Å². The second-order valence-corrected chi connectivity index (χ2v) is 5.00. The predicted molar refractivity (Wildman–Crippen MR) is 55.2 cm³/mol. The molecule has 84 valence electrons. The van der Waals surface area contributed by atoms with Gasteiger partial charge in [0.25, 0.3) is 0 Å². The summed E-state index contributed by atoms with van der Waals surface area (Å²) in [6.45, 7) is 3.05. The van der Waals surface area contributed by atoms with Gasteiger partial charge >= 0.3 is 0 Å². The Balaban J connectivity index is 1.38. The number of ether oxygens (including phenoxy) is 1. The van der Waals surface area contributed by atoms with E-state index in [1.54, 1.807) is 0 Å². The molecule has 1 saturated heterocycles. The van der Waals surface area contributed by atoms with E-state index < -0.39 is 0 Å². The summed E-state index contributed by atoms with van der Waals surface area (Å²) < 4.78 is 5.53. The van der Waals surface area contributed by atoms with Crippen molar-refractivity contribution >= 4 is 5.91 Å². The van der Waals surface area contributed by atoms with Gasteiger partial charge in [-0.05, 0) is 31.6 Å². The lowest BCUT2D eigenvalue weighted by atomic mass is 10.3. The molecule has 2 aliphatic carbocycles. The van der Waals surface area contributed by atoms with Crippen LogP contribution in [0, 0.1) is 5.92 Å². The summed E-state index contributed by atoms with van der Waals surface area (Å²) in [6.07, 6.45) is 4.69. The van der Waals surface area contributed by atoms with Crippen LogP contribution in [0.2, 0.25) is 0 Å². The maximum Gasteiger partial charge on any atom is 0.244 e. The van der Waals surface area contributed by atoms with Gasteiger partial charge in [-0.3, -0.25) is 10.1 Å². The fourth-order valence-electron chi connectivity index (χ4n) is 2.10. The highest BCUT2D eigenvalue weighted by atomic mass is 16.5. The van der Waals surface area contributed by atoms with Crippen molar-refractivity contribution in [1.29, 1.82) is 0 Å². The maximum atomic E-state index is 11.8. The van der Waals surface area contributed by atoms with Crippen LogP contribution < -0.4 is 5.32 Å². The highest BCUT2D eigenvalue weighted by Gasteiger charge is 2.55. The number of hydrogen-bond acceptors (Lipinski definition) is 3. The lowest BCUT2D eigenvalue weighted by Crippen LogP contribution is -2.34. The number of carbonyl (C=O) groups is 1. The molecule has 1 heterocycles. The molecule has 1 N–H and O–H groups in total. The lowest BCUT2D eigenvalue weighted by molar-refractivity contribution is -0.130. The minimum Gasteiger partial charge on any atom is -0.379 e. The third-order valence-electron chi connectivity index (χ3n) is 3.61. The second-order valence-electron chi connectivity index (χ2n) is 5.00. The van der Waals surface area contributed by atoms with E-state index in [1.165, 1.54) is 12.8 Å². The van der Waals surface area contributed by atoms with Crippen LogP contribution in [-0.4, -0.2) is 42.8 Å². The fraction of sp³-hybridized carbons (Fsp3) is 0.909. The zero-order valence-electron chi connectivity index (χ0n) is 9.00. The first-order valence-electron chi connectivity index (χ1n) is 5.92. The molecule has 3 rings (SSSR count). The van der Waals surface area contributed by atoms with Crippen molar-refractivity contribution in [2.45, 2.75) is 31.2 Å². The van der Waals surface area contributed by atoms with E-state index in [1.807, 2.05) is 4.90 Å². The second kappa shape index (κ2) is 3.46. The Kier molecular flexibility index (Phi) is 2.21. The molecule has 0 aromatic rings. The van der Waals surface area contributed by atoms with E-state index in [9.17, 15) is 4.79 Å². The van der Waals surface area contributed by atoms with Crippen molar-refractivity contribution in [2.75, 3.05) is 26.4 Å². The molecule has 0 aromatic heterocycles. The number of carbonyl (C=O) groups excluding carboxylic acids is 1. The summed E-state index contributed by atoms with van der Waals surface area (Å²) in [7, 11) is 0. The van der Waals surface area contributed by atoms with Crippen molar-refractivity contribution in [3.8, 4) is 0 Å². The molecule has 3 fully saturated rings. The minimum atomic E-state index is -0.142. The lowest BCUT2D eigenvalue weighted by Gasteiger charge is -2.15. The highest BCUT2D eigenvalue weighted by molar-refractivity contribution is 5.91. The van der Waals surface area contributed by atoms with Crippen molar-refractivity contribution in [1.82, 2.24) is 10.2 Å². The van der Waals surface area contributed by atoms with Crippen LogP contribution in [0.25, 0.3) is 0 Å². The monoisotopic (exact) mass is 210 g/mol. The van der Waals surface area contributed by atoms with Crippen LogP contribution in [-0.2, 0) is 9.53 Å². The van der Waals surface area contributed by atoms with Crippen LogP contribution in [0.3, 0.4) is 0 Å². The summed E-state index contributed by atoms with van der Waals surface area (Å²) in [5.41, 5.74) is -0.142. The van der Waals surface area contributed by atoms with Gasteiger partial charge in [0.05, 0.1) is 18.8 Å². The van der Waals surface area contributed by atoms with Crippen LogP contribution >= 0.6 is 0 Å². The molecule has 4 heteroatoms. The molecule has 0 bridgehead atoms. The molecule has 4 nitrogen and oxygen atoms in total. The summed E-state index contributed by atoms with van der Waals surface area (Å²) >= 11 is 0. The first-order chi connectivity index (χ1) is 7.30. The van der Waals surface area contributed by atoms with Gasteiger partial charge in [0.15, 0.2) is 0 Å². The fourth-order valence-corrected chi connectivity index (χ4v) is 2.10. The van der Waals surface area contributed by atoms with E-state index in [4.69, 9.17) is 4.74 Å². The number of hydrogen-bond donors (Lipinski definition) is 1. The molecule has 0 aromatic carbocycles. The Morgan fingerprint density at radius 2 is 2.27 bits per heavy atom. The molecule has 1 spiro atoms. The Morgan fingerprint density at radius 3 is 2.87 bits per heavy atom. The van der Waals surface area contributed by atoms with E-state index in [2.05, 4.69) is 5.32 Å². The molecule has 1 aliphatic heterocycles. The zero-order chi connectivity index (χ0) is 10.3. The van der Waals surface area contributed by atoms with E-state index in [0.29, 0.717) is 13.3 Å². The first-order valence-corrected chi connectivity index (χ1v) is 5.92. The third-order valence-corrected chi connectivity index (χ3v) is 3.61. The zero-order valence-corrected chi connectivity index (χ0v) is 9.00. The Morgan fingerprint density at radius 1 is 1.47 bits per heavy atom. The first kappa shape index (κ1) is 9.60. The molecule has 2 saturated carbocycles. The van der Waals surface area contributed by atoms with Gasteiger partial charge < -0.3 is 9.64 Å². The maximum absolute atomic E-state index is 11.8. The van der Waals surface area contributed by atoms with Crippen molar-refractivity contribution in [2.24, 2.45) is 5.92 Å². The van der Waals surface area contributed by atoms with Gasteiger partial charge in [-0.25, -0.2) is 0 Å². The van der Waals surface area contributed by atoms with Crippen LogP contribution in [0.4, 0.5) is 0 Å². The van der Waals surface area contributed by atoms with E-state index >= 15 is 0 Å². The average Bonchev–Trinajstić information content (AvgIpc) is 3.10. The smallest absolute Gasteiger partial charge is 0.244 e. The number of amides is 1. The van der Waals surface area contributed by atoms with Crippen LogP contribution in [0.15, 0.2) is 0 Å². The largest absolute Gasteiger partial charge is 0.379 e. The minimum absolute atomic E-state index is 0.142.